The third-order valence-electron chi connectivity index (χ3n) is 3.23. The zero-order valence-corrected chi connectivity index (χ0v) is 9.55. The van der Waals surface area contributed by atoms with Crippen LogP contribution < -0.4 is 5.32 Å². The number of fused-ring (bicyclic) bond motifs is 1. The van der Waals surface area contributed by atoms with Crippen LogP contribution in [0.4, 0.5) is 5.69 Å². The molecule has 0 spiro atoms. The Morgan fingerprint density at radius 2 is 1.93 bits per heavy atom. The van der Waals surface area contributed by atoms with Gasteiger partial charge in [-0.05, 0) is 33.3 Å². The molecule has 1 N–H and O–H groups in total. The lowest BCUT2D eigenvalue weighted by Crippen LogP contribution is -2.14. The van der Waals surface area contributed by atoms with Gasteiger partial charge in [0.2, 0.25) is 0 Å². The van der Waals surface area contributed by atoms with Crippen LogP contribution in [0.5, 0.6) is 0 Å². The Morgan fingerprint density at radius 3 is 2.53 bits per heavy atom. The summed E-state index contributed by atoms with van der Waals surface area (Å²) < 4.78 is 0. The van der Waals surface area contributed by atoms with Gasteiger partial charge in [0.1, 0.15) is 0 Å². The quantitative estimate of drug-likeness (QED) is 0.701. The first kappa shape index (κ1) is 9.97. The molecule has 78 valence electrons. The van der Waals surface area contributed by atoms with E-state index in [-0.39, 0.29) is 12.0 Å². The van der Waals surface area contributed by atoms with Crippen molar-refractivity contribution in [3.8, 4) is 6.07 Å². The van der Waals surface area contributed by atoms with Crippen molar-refractivity contribution < 1.29 is 0 Å². The fraction of sp³-hybridized carbons (Fsp3) is 0.500. The minimum atomic E-state index is -0.0631. The molecular weight excluding hydrogens is 186 g/mol. The lowest BCUT2D eigenvalue weighted by Gasteiger charge is -2.10. The molecule has 15 heavy (non-hydrogen) atoms. The Balaban J connectivity index is 2.69. The van der Waals surface area contributed by atoms with E-state index in [9.17, 15) is 0 Å². The van der Waals surface area contributed by atoms with Crippen molar-refractivity contribution in [2.75, 3.05) is 5.32 Å². The van der Waals surface area contributed by atoms with Crippen molar-refractivity contribution in [2.24, 2.45) is 0 Å². The van der Waals surface area contributed by atoms with Gasteiger partial charge in [0.05, 0.1) is 12.0 Å². The molecule has 3 heteroatoms. The summed E-state index contributed by atoms with van der Waals surface area (Å²) in [4.78, 5) is 4.49. The van der Waals surface area contributed by atoms with Crippen LogP contribution in [0.2, 0.25) is 0 Å². The van der Waals surface area contributed by atoms with Crippen molar-refractivity contribution in [3.63, 3.8) is 0 Å². The number of aromatic nitrogens is 1. The minimum Gasteiger partial charge on any atom is -0.380 e. The van der Waals surface area contributed by atoms with Gasteiger partial charge in [0.15, 0.2) is 0 Å². The number of aryl methyl sites for hydroxylation is 2. The third kappa shape index (κ3) is 1.29. The molecule has 2 atom stereocenters. The van der Waals surface area contributed by atoms with Gasteiger partial charge in [-0.15, -0.1) is 0 Å². The maximum absolute atomic E-state index is 9.15. The molecule has 0 amide bonds. The van der Waals surface area contributed by atoms with Crippen molar-refractivity contribution in [1.29, 1.82) is 5.26 Å². The average Bonchev–Trinajstić information content (AvgIpc) is 2.52. The maximum Gasteiger partial charge on any atom is 0.0948 e. The van der Waals surface area contributed by atoms with Crippen LogP contribution >= 0.6 is 0 Å². The van der Waals surface area contributed by atoms with Crippen LogP contribution in [-0.4, -0.2) is 11.0 Å². The Bertz CT molecular complexity index is 457. The predicted octanol–water partition coefficient (Wildman–Crippen LogP) is 2.43. The second kappa shape index (κ2) is 3.23. The third-order valence-corrected chi connectivity index (χ3v) is 3.23. The van der Waals surface area contributed by atoms with Crippen molar-refractivity contribution >= 4 is 5.69 Å². The molecule has 3 nitrogen and oxygen atoms in total. The average molecular weight is 201 g/mol. The second-order valence-electron chi connectivity index (χ2n) is 4.24. The smallest absolute Gasteiger partial charge is 0.0948 e. The highest BCUT2D eigenvalue weighted by atomic mass is 15.0. The standard InChI is InChI=1S/C12H15N3/c1-6-7(2)14-9(4)11-10(5-13)8(3)15-12(6)11/h8,10,15H,1-4H3. The molecule has 1 aliphatic rings. The fourth-order valence-electron chi connectivity index (χ4n) is 2.26. The molecule has 0 aromatic carbocycles. The van der Waals surface area contributed by atoms with E-state index in [0.29, 0.717) is 0 Å². The topological polar surface area (TPSA) is 48.7 Å². The van der Waals surface area contributed by atoms with Crippen LogP contribution in [0.3, 0.4) is 0 Å². The summed E-state index contributed by atoms with van der Waals surface area (Å²) in [6.45, 7) is 8.09. The summed E-state index contributed by atoms with van der Waals surface area (Å²) in [5.41, 5.74) is 5.41. The highest BCUT2D eigenvalue weighted by molar-refractivity contribution is 5.67. The predicted molar refractivity (Wildman–Crippen MR) is 59.9 cm³/mol. The highest BCUT2D eigenvalue weighted by Gasteiger charge is 2.32. The number of hydrogen-bond acceptors (Lipinski definition) is 3. The van der Waals surface area contributed by atoms with E-state index in [4.69, 9.17) is 5.26 Å². The van der Waals surface area contributed by atoms with Gasteiger partial charge >= 0.3 is 0 Å². The zero-order valence-electron chi connectivity index (χ0n) is 9.55. The van der Waals surface area contributed by atoms with Gasteiger partial charge in [0, 0.05) is 28.7 Å². The van der Waals surface area contributed by atoms with Crippen LogP contribution in [0.15, 0.2) is 0 Å². The Kier molecular flexibility index (Phi) is 2.15. The number of anilines is 1. The first-order valence-corrected chi connectivity index (χ1v) is 5.20. The molecule has 1 aromatic rings. The molecule has 2 heterocycles. The van der Waals surface area contributed by atoms with Crippen LogP contribution in [0.25, 0.3) is 0 Å². The molecule has 1 aliphatic heterocycles. The van der Waals surface area contributed by atoms with E-state index in [1.807, 2.05) is 20.8 Å². The van der Waals surface area contributed by atoms with E-state index >= 15 is 0 Å². The molecule has 1 aromatic heterocycles. The number of nitrogens with one attached hydrogen (secondary N) is 1. The molecule has 0 fully saturated rings. The Labute approximate surface area is 90.1 Å². The fourth-order valence-corrected chi connectivity index (χ4v) is 2.26. The molecule has 0 saturated heterocycles. The van der Waals surface area contributed by atoms with Gasteiger partial charge in [-0.2, -0.15) is 5.26 Å². The number of rotatable bonds is 0. The molecule has 2 rings (SSSR count). The largest absolute Gasteiger partial charge is 0.380 e. The number of nitrogens with zero attached hydrogens (tertiary/aromatic N) is 2. The first-order valence-electron chi connectivity index (χ1n) is 5.20. The van der Waals surface area contributed by atoms with Gasteiger partial charge in [-0.3, -0.25) is 4.98 Å². The summed E-state index contributed by atoms with van der Waals surface area (Å²) in [5, 5.41) is 12.5. The summed E-state index contributed by atoms with van der Waals surface area (Å²) in [6.07, 6.45) is 0. The van der Waals surface area contributed by atoms with E-state index in [2.05, 4.69) is 23.3 Å². The Hall–Kier alpha value is -1.56. The second-order valence-corrected chi connectivity index (χ2v) is 4.24. The molecule has 0 bridgehead atoms. The van der Waals surface area contributed by atoms with Crippen LogP contribution in [0, 0.1) is 32.1 Å². The molecule has 0 radical (unpaired) electrons. The highest BCUT2D eigenvalue weighted by Crippen LogP contribution is 2.39. The zero-order chi connectivity index (χ0) is 11.2. The van der Waals surface area contributed by atoms with Crippen molar-refractivity contribution in [3.05, 3.63) is 22.5 Å². The lowest BCUT2D eigenvalue weighted by molar-refractivity contribution is 0.753. The van der Waals surface area contributed by atoms with E-state index in [1.54, 1.807) is 0 Å². The van der Waals surface area contributed by atoms with E-state index in [0.717, 1.165) is 22.6 Å². The van der Waals surface area contributed by atoms with Crippen LogP contribution in [-0.2, 0) is 0 Å². The molecular formula is C12H15N3. The van der Waals surface area contributed by atoms with Gasteiger partial charge in [-0.1, -0.05) is 0 Å². The number of hydrogen-bond donors (Lipinski definition) is 1. The lowest BCUT2D eigenvalue weighted by atomic mass is 9.95. The van der Waals surface area contributed by atoms with Gasteiger partial charge in [-0.25, -0.2) is 0 Å². The van der Waals surface area contributed by atoms with Crippen LogP contribution in [0.1, 0.15) is 35.4 Å². The van der Waals surface area contributed by atoms with Crippen molar-refractivity contribution in [1.82, 2.24) is 4.98 Å². The summed E-state index contributed by atoms with van der Waals surface area (Å²) in [7, 11) is 0. The Morgan fingerprint density at radius 1 is 1.27 bits per heavy atom. The van der Waals surface area contributed by atoms with Crippen molar-refractivity contribution in [2.45, 2.75) is 39.7 Å². The first-order chi connectivity index (χ1) is 7.06. The SMILES string of the molecule is Cc1nc(C)c2c(c1C)NC(C)C2C#N. The number of pyridine rings is 1. The van der Waals surface area contributed by atoms with Gasteiger partial charge in [0.25, 0.3) is 0 Å². The normalized spacial score (nSPS) is 23.1. The number of nitriles is 1. The van der Waals surface area contributed by atoms with Gasteiger partial charge < -0.3 is 5.32 Å². The van der Waals surface area contributed by atoms with E-state index < -0.39 is 0 Å². The monoisotopic (exact) mass is 201 g/mol. The minimum absolute atomic E-state index is 0.0631. The molecule has 0 saturated carbocycles. The summed E-state index contributed by atoms with van der Waals surface area (Å²) >= 11 is 0. The summed E-state index contributed by atoms with van der Waals surface area (Å²) in [5.74, 6) is -0.0631. The molecule has 0 aliphatic carbocycles. The maximum atomic E-state index is 9.15. The summed E-state index contributed by atoms with van der Waals surface area (Å²) in [6, 6.07) is 2.54. The van der Waals surface area contributed by atoms with E-state index in [1.165, 1.54) is 5.56 Å². The molecule has 2 unspecified atom stereocenters.